The van der Waals surface area contributed by atoms with E-state index in [0.717, 1.165) is 18.5 Å². The topological polar surface area (TPSA) is 8.17 Å². The van der Waals surface area contributed by atoms with Crippen LogP contribution in [0.3, 0.4) is 0 Å². The molecule has 2 heteroatoms. The first-order valence-corrected chi connectivity index (χ1v) is 20.7. The van der Waals surface area contributed by atoms with E-state index < -0.39 is 0 Å². The number of hydrogen-bond donors (Lipinski definition) is 0. The second-order valence-electron chi connectivity index (χ2n) is 18.5. The number of nitrogens with zero attached hydrogens (tertiary/aromatic N) is 2. The zero-order chi connectivity index (χ0) is 38.6. The molecule has 2 aliphatic heterocycles. The van der Waals surface area contributed by atoms with Crippen LogP contribution in [-0.2, 0) is 16.2 Å². The van der Waals surface area contributed by atoms with Crippen LogP contribution in [0.5, 0.6) is 0 Å². The van der Waals surface area contributed by atoms with Gasteiger partial charge in [0.05, 0.1) is 22.4 Å². The van der Waals surface area contributed by atoms with E-state index in [1.807, 2.05) is 0 Å². The lowest BCUT2D eigenvalue weighted by Gasteiger charge is -2.42. The normalized spacial score (nSPS) is 17.4. The smallest absolute Gasteiger partial charge is 0.0583 e. The van der Waals surface area contributed by atoms with Crippen LogP contribution in [0.1, 0.15) is 87.8 Å². The lowest BCUT2D eigenvalue weighted by molar-refractivity contribution is 0.593. The van der Waals surface area contributed by atoms with Crippen LogP contribution in [0.2, 0.25) is 0 Å². The Morgan fingerprint density at radius 3 is 2.00 bits per heavy atom. The number of rotatable bonds is 4. The summed E-state index contributed by atoms with van der Waals surface area (Å²) in [5.41, 5.74) is 21.3. The summed E-state index contributed by atoms with van der Waals surface area (Å²) in [4.78, 5) is 2.51. The molecule has 0 spiro atoms. The molecule has 7 aromatic carbocycles. The number of benzene rings is 7. The minimum atomic E-state index is -0.211. The maximum absolute atomic E-state index is 2.62. The highest BCUT2D eigenvalue weighted by molar-refractivity contribution is 6.15. The van der Waals surface area contributed by atoms with E-state index in [2.05, 4.69) is 197 Å². The van der Waals surface area contributed by atoms with E-state index in [1.165, 1.54) is 105 Å². The predicted molar refractivity (Wildman–Crippen MR) is 241 cm³/mol. The maximum atomic E-state index is 2.62. The quantitative estimate of drug-likeness (QED) is 0.175. The molecule has 0 N–H and O–H groups in total. The lowest BCUT2D eigenvalue weighted by atomic mass is 9.68. The first-order valence-electron chi connectivity index (χ1n) is 20.7. The standard InChI is InChI=1S/C55H46N2/c1-53(2)43-19-10-9-17-39(43)40-29-26-35(30-47(40)53)33-24-27-36(28-25-33)56(49-23-11-15-34-14-7-8-16-38(34)49)37-31-42-41-18-12-20-44-50(41)57-51(42)48(32-37)55(5,6)46-22-13-21-45(52(46)57)54(44,3)4/h7-8,10-16,18-32H,9,17H2,1-6H3. The Morgan fingerprint density at radius 2 is 1.18 bits per heavy atom. The molecule has 1 aromatic heterocycles. The Balaban J connectivity index is 1.08. The fourth-order valence-corrected chi connectivity index (χ4v) is 11.4. The van der Waals surface area contributed by atoms with Gasteiger partial charge in [-0.3, -0.25) is 0 Å². The van der Waals surface area contributed by atoms with Gasteiger partial charge in [0.1, 0.15) is 0 Å². The monoisotopic (exact) mass is 734 g/mol. The van der Waals surface area contributed by atoms with Gasteiger partial charge in [-0.25, -0.2) is 0 Å². The van der Waals surface area contributed by atoms with E-state index in [9.17, 15) is 0 Å². The van der Waals surface area contributed by atoms with Crippen molar-refractivity contribution in [3.8, 4) is 16.8 Å². The molecule has 3 heterocycles. The van der Waals surface area contributed by atoms with Crippen molar-refractivity contribution >= 4 is 55.2 Å². The van der Waals surface area contributed by atoms with Crippen LogP contribution in [0, 0.1) is 0 Å². The summed E-state index contributed by atoms with van der Waals surface area (Å²) in [5.74, 6) is 0. The van der Waals surface area contributed by atoms with E-state index in [1.54, 1.807) is 0 Å². The number of anilines is 3. The van der Waals surface area contributed by atoms with E-state index in [4.69, 9.17) is 0 Å². The van der Waals surface area contributed by atoms with Gasteiger partial charge in [0, 0.05) is 43.8 Å². The Kier molecular flexibility index (Phi) is 6.41. The van der Waals surface area contributed by atoms with E-state index in [-0.39, 0.29) is 16.2 Å². The van der Waals surface area contributed by atoms with Crippen molar-refractivity contribution in [2.75, 3.05) is 4.90 Å². The van der Waals surface area contributed by atoms with E-state index >= 15 is 0 Å². The van der Waals surface area contributed by atoms with Crippen LogP contribution < -0.4 is 4.90 Å². The van der Waals surface area contributed by atoms with Gasteiger partial charge in [0.15, 0.2) is 0 Å². The highest BCUT2D eigenvalue weighted by atomic mass is 15.1. The number of para-hydroxylation sites is 2. The van der Waals surface area contributed by atoms with E-state index in [0.29, 0.717) is 0 Å². The SMILES string of the molecule is CC1(C)C2=C(CCC=C2)c2ccc(-c3ccc(N(c4cc5c6c(c4)c4cccc7c4n6-c4c(cccc4C5(C)C)C7(C)C)c4cccc5ccccc45)cc3)cc21. The number of hydrogen-bond acceptors (Lipinski definition) is 1. The zero-order valence-corrected chi connectivity index (χ0v) is 33.7. The zero-order valence-electron chi connectivity index (χ0n) is 33.7. The summed E-state index contributed by atoms with van der Waals surface area (Å²) >= 11 is 0. The molecule has 0 saturated heterocycles. The first-order chi connectivity index (χ1) is 27.5. The molecule has 2 nitrogen and oxygen atoms in total. The summed E-state index contributed by atoms with van der Waals surface area (Å²) < 4.78 is 2.62. The second-order valence-corrected chi connectivity index (χ2v) is 18.5. The minimum absolute atomic E-state index is 0.0105. The molecule has 0 bridgehead atoms. The molecule has 12 rings (SSSR count). The molecule has 57 heavy (non-hydrogen) atoms. The van der Waals surface area contributed by atoms with Crippen LogP contribution >= 0.6 is 0 Å². The van der Waals surface area contributed by atoms with Crippen LogP contribution in [0.4, 0.5) is 17.1 Å². The van der Waals surface area contributed by atoms with Gasteiger partial charge in [0.2, 0.25) is 0 Å². The number of aromatic nitrogens is 1. The molecule has 0 unspecified atom stereocenters. The summed E-state index contributed by atoms with van der Waals surface area (Å²) in [6.45, 7) is 14.5. The van der Waals surface area contributed by atoms with Crippen LogP contribution in [-0.4, -0.2) is 4.57 Å². The van der Waals surface area contributed by atoms with Gasteiger partial charge in [-0.05, 0) is 110 Å². The summed E-state index contributed by atoms with van der Waals surface area (Å²) in [7, 11) is 0. The largest absolute Gasteiger partial charge is 0.310 e. The third kappa shape index (κ3) is 4.21. The van der Waals surface area contributed by atoms with Crippen LogP contribution in [0.25, 0.3) is 55.0 Å². The average Bonchev–Trinajstić information content (AvgIpc) is 3.68. The Bertz CT molecular complexity index is 3140. The predicted octanol–water partition coefficient (Wildman–Crippen LogP) is 14.7. The van der Waals surface area contributed by atoms with Crippen molar-refractivity contribution < 1.29 is 0 Å². The maximum Gasteiger partial charge on any atom is 0.0583 e. The van der Waals surface area contributed by atoms with Crippen molar-refractivity contribution in [1.82, 2.24) is 4.57 Å². The Morgan fingerprint density at radius 1 is 0.509 bits per heavy atom. The lowest BCUT2D eigenvalue weighted by Crippen LogP contribution is -2.33. The Hall–Kier alpha value is -6.12. The third-order valence-electron chi connectivity index (χ3n) is 14.4. The highest BCUT2D eigenvalue weighted by Crippen LogP contribution is 2.57. The van der Waals surface area contributed by atoms with Gasteiger partial charge >= 0.3 is 0 Å². The van der Waals surface area contributed by atoms with Crippen molar-refractivity contribution in [1.29, 1.82) is 0 Å². The van der Waals surface area contributed by atoms with Gasteiger partial charge in [-0.2, -0.15) is 0 Å². The number of fused-ring (bicyclic) bond motifs is 4. The molecule has 4 aliphatic rings. The highest BCUT2D eigenvalue weighted by Gasteiger charge is 2.44. The van der Waals surface area contributed by atoms with Crippen LogP contribution in [0.15, 0.2) is 151 Å². The summed E-state index contributed by atoms with van der Waals surface area (Å²) in [5, 5.41) is 5.13. The molecule has 2 aliphatic carbocycles. The number of allylic oxidation sites excluding steroid dienone is 4. The summed E-state index contributed by atoms with van der Waals surface area (Å²) in [6, 6.07) is 51.0. The molecule has 0 saturated carbocycles. The minimum Gasteiger partial charge on any atom is -0.310 e. The molecule has 0 fully saturated rings. The summed E-state index contributed by atoms with van der Waals surface area (Å²) in [6.07, 6.45) is 7.00. The first kappa shape index (κ1) is 33.1. The molecular formula is C55H46N2. The fraction of sp³-hybridized carbons (Fsp3) is 0.200. The fourth-order valence-electron chi connectivity index (χ4n) is 11.4. The van der Waals surface area contributed by atoms with Gasteiger partial charge in [-0.1, -0.05) is 151 Å². The van der Waals surface area contributed by atoms with Crippen molar-refractivity contribution in [3.63, 3.8) is 0 Å². The molecule has 0 atom stereocenters. The molecule has 0 amide bonds. The Labute approximate surface area is 335 Å². The molecule has 0 radical (unpaired) electrons. The van der Waals surface area contributed by atoms with Crippen molar-refractivity contribution in [2.45, 2.75) is 70.6 Å². The van der Waals surface area contributed by atoms with Gasteiger partial charge < -0.3 is 9.47 Å². The average molecular weight is 735 g/mol. The molecular weight excluding hydrogens is 689 g/mol. The third-order valence-corrected chi connectivity index (χ3v) is 14.4. The van der Waals surface area contributed by atoms with Crippen molar-refractivity contribution in [3.05, 3.63) is 185 Å². The molecule has 276 valence electrons. The van der Waals surface area contributed by atoms with Crippen molar-refractivity contribution in [2.24, 2.45) is 0 Å². The molecule has 8 aromatic rings. The second kappa shape index (κ2) is 11.0. The van der Waals surface area contributed by atoms with Gasteiger partial charge in [-0.15, -0.1) is 0 Å². The van der Waals surface area contributed by atoms with Gasteiger partial charge in [0.25, 0.3) is 0 Å².